The maximum Gasteiger partial charge on any atom is 0.305 e. The number of unbranched alkanes of at least 4 members (excludes halogenated alkanes) is 21. The summed E-state index contributed by atoms with van der Waals surface area (Å²) in [7, 11) is 4.23. The number of carbonyl (C=O) groups excluding carboxylic acids is 2. The highest BCUT2D eigenvalue weighted by Crippen LogP contribution is 2.23. The predicted molar refractivity (Wildman–Crippen MR) is 224 cm³/mol. The van der Waals surface area contributed by atoms with Crippen molar-refractivity contribution in [3.63, 3.8) is 0 Å². The van der Waals surface area contributed by atoms with Gasteiger partial charge in [0.25, 0.3) is 0 Å². The summed E-state index contributed by atoms with van der Waals surface area (Å²) in [6.45, 7) is 11.7. The lowest BCUT2D eigenvalue weighted by molar-refractivity contribution is -0.145. The number of esters is 1. The topological polar surface area (TPSA) is 49.9 Å². The van der Waals surface area contributed by atoms with Gasteiger partial charge in [-0.15, -0.1) is 0 Å². The van der Waals surface area contributed by atoms with Gasteiger partial charge in [0.1, 0.15) is 0 Å². The molecule has 0 aliphatic rings. The SMILES string of the molecule is CCCCCCCCCCN(C(=O)CCCCN(C)C)C(CCCCCC)CCCCCC(=O)OCC(CCCCCC)CCCCCCCC. The number of carbonyl (C=O) groups is 2. The van der Waals surface area contributed by atoms with E-state index >= 15 is 0 Å². The van der Waals surface area contributed by atoms with Gasteiger partial charge in [0.15, 0.2) is 0 Å². The Balaban J connectivity index is 4.98. The van der Waals surface area contributed by atoms with E-state index in [0.717, 1.165) is 64.5 Å². The van der Waals surface area contributed by atoms with Crippen LogP contribution in [0, 0.1) is 5.92 Å². The van der Waals surface area contributed by atoms with Crippen LogP contribution in [0.15, 0.2) is 0 Å². The maximum absolute atomic E-state index is 13.7. The van der Waals surface area contributed by atoms with E-state index in [1.54, 1.807) is 0 Å². The zero-order valence-electron chi connectivity index (χ0n) is 35.7. The van der Waals surface area contributed by atoms with Crippen LogP contribution < -0.4 is 0 Å². The number of amides is 1. The molecular weight excluding hydrogens is 629 g/mol. The van der Waals surface area contributed by atoms with E-state index in [-0.39, 0.29) is 5.97 Å². The molecule has 0 radical (unpaired) electrons. The van der Waals surface area contributed by atoms with E-state index < -0.39 is 0 Å². The molecule has 5 heteroatoms. The molecule has 0 aromatic rings. The van der Waals surface area contributed by atoms with E-state index in [9.17, 15) is 9.59 Å². The highest BCUT2D eigenvalue weighted by molar-refractivity contribution is 5.76. The second kappa shape index (κ2) is 38.6. The van der Waals surface area contributed by atoms with Gasteiger partial charge >= 0.3 is 5.97 Å². The minimum atomic E-state index is -0.00292. The first-order valence-corrected chi connectivity index (χ1v) is 23.0. The van der Waals surface area contributed by atoms with Gasteiger partial charge in [-0.25, -0.2) is 0 Å². The van der Waals surface area contributed by atoms with Crippen molar-refractivity contribution >= 4 is 11.9 Å². The minimum absolute atomic E-state index is 0.00292. The molecule has 2 atom stereocenters. The Kier molecular flexibility index (Phi) is 37.8. The van der Waals surface area contributed by atoms with Crippen LogP contribution in [0.2, 0.25) is 0 Å². The van der Waals surface area contributed by atoms with Crippen LogP contribution in [0.3, 0.4) is 0 Å². The number of ether oxygens (including phenoxy) is 1. The Bertz CT molecular complexity index is 742. The highest BCUT2D eigenvalue weighted by Gasteiger charge is 2.23. The van der Waals surface area contributed by atoms with Crippen molar-refractivity contribution in [2.75, 3.05) is 33.8 Å². The molecule has 0 heterocycles. The number of rotatable bonds is 40. The smallest absolute Gasteiger partial charge is 0.305 e. The van der Waals surface area contributed by atoms with Crippen LogP contribution in [0.5, 0.6) is 0 Å². The molecule has 0 spiro atoms. The Morgan fingerprint density at radius 1 is 0.451 bits per heavy atom. The minimum Gasteiger partial charge on any atom is -0.465 e. The fourth-order valence-corrected chi connectivity index (χ4v) is 7.53. The van der Waals surface area contributed by atoms with Gasteiger partial charge in [-0.05, 0) is 77.9 Å². The summed E-state index contributed by atoms with van der Waals surface area (Å²) in [5.41, 5.74) is 0. The molecule has 304 valence electrons. The first-order chi connectivity index (χ1) is 24.9. The monoisotopic (exact) mass is 721 g/mol. The van der Waals surface area contributed by atoms with Crippen molar-refractivity contribution in [1.29, 1.82) is 0 Å². The molecule has 0 aliphatic heterocycles. The van der Waals surface area contributed by atoms with Crippen LogP contribution >= 0.6 is 0 Å². The van der Waals surface area contributed by atoms with Crippen molar-refractivity contribution in [3.05, 3.63) is 0 Å². The van der Waals surface area contributed by atoms with Crippen molar-refractivity contribution in [2.45, 2.75) is 246 Å². The molecule has 0 fully saturated rings. The van der Waals surface area contributed by atoms with E-state index in [4.69, 9.17) is 4.74 Å². The number of hydrogen-bond donors (Lipinski definition) is 0. The van der Waals surface area contributed by atoms with Crippen LogP contribution in [0.4, 0.5) is 0 Å². The summed E-state index contributed by atoms with van der Waals surface area (Å²) >= 11 is 0. The van der Waals surface area contributed by atoms with Crippen molar-refractivity contribution < 1.29 is 14.3 Å². The van der Waals surface area contributed by atoms with Gasteiger partial charge in [0.2, 0.25) is 5.91 Å². The largest absolute Gasteiger partial charge is 0.465 e. The summed E-state index contributed by atoms with van der Waals surface area (Å²) < 4.78 is 5.89. The van der Waals surface area contributed by atoms with E-state index in [2.05, 4.69) is 51.6 Å². The van der Waals surface area contributed by atoms with Crippen molar-refractivity contribution in [3.8, 4) is 0 Å². The van der Waals surface area contributed by atoms with Gasteiger partial charge in [0, 0.05) is 25.4 Å². The number of hydrogen-bond acceptors (Lipinski definition) is 4. The molecular formula is C46H92N2O3. The van der Waals surface area contributed by atoms with Crippen LogP contribution in [0.25, 0.3) is 0 Å². The summed E-state index contributed by atoms with van der Waals surface area (Å²) in [5, 5.41) is 0. The lowest BCUT2D eigenvalue weighted by Gasteiger charge is -2.33. The Labute approximate surface area is 320 Å². The van der Waals surface area contributed by atoms with Gasteiger partial charge < -0.3 is 14.5 Å². The van der Waals surface area contributed by atoms with Gasteiger partial charge in [0.05, 0.1) is 6.61 Å². The van der Waals surface area contributed by atoms with Crippen LogP contribution in [-0.4, -0.2) is 61.5 Å². The molecule has 1 amide bonds. The lowest BCUT2D eigenvalue weighted by Crippen LogP contribution is -2.41. The normalized spacial score (nSPS) is 12.8. The second-order valence-electron chi connectivity index (χ2n) is 16.4. The first kappa shape index (κ1) is 49.9. The van der Waals surface area contributed by atoms with E-state index in [1.165, 1.54) is 148 Å². The molecule has 0 saturated heterocycles. The molecule has 5 nitrogen and oxygen atoms in total. The third-order valence-corrected chi connectivity index (χ3v) is 11.0. The molecule has 51 heavy (non-hydrogen) atoms. The average Bonchev–Trinajstić information content (AvgIpc) is 3.12. The molecule has 0 aromatic heterocycles. The Morgan fingerprint density at radius 3 is 1.35 bits per heavy atom. The van der Waals surface area contributed by atoms with Crippen molar-refractivity contribution in [2.24, 2.45) is 5.92 Å². The molecule has 2 unspecified atom stereocenters. The maximum atomic E-state index is 13.7. The molecule has 0 saturated carbocycles. The Morgan fingerprint density at radius 2 is 0.843 bits per heavy atom. The first-order valence-electron chi connectivity index (χ1n) is 23.0. The molecule has 0 aromatic carbocycles. The Hall–Kier alpha value is -1.10. The lowest BCUT2D eigenvalue weighted by atomic mass is 9.95. The summed E-state index contributed by atoms with van der Waals surface area (Å²) in [6, 6.07) is 0.343. The predicted octanol–water partition coefficient (Wildman–Crippen LogP) is 13.9. The zero-order valence-corrected chi connectivity index (χ0v) is 35.7. The van der Waals surface area contributed by atoms with Gasteiger partial charge in [-0.3, -0.25) is 9.59 Å². The van der Waals surface area contributed by atoms with E-state index in [0.29, 0.717) is 37.3 Å². The fraction of sp³-hybridized carbons (Fsp3) is 0.957. The molecule has 0 N–H and O–H groups in total. The quantitative estimate of drug-likeness (QED) is 0.0467. The average molecular weight is 721 g/mol. The highest BCUT2D eigenvalue weighted by atomic mass is 16.5. The number of nitrogens with zero attached hydrogens (tertiary/aromatic N) is 2. The molecule has 0 aliphatic carbocycles. The van der Waals surface area contributed by atoms with Crippen LogP contribution in [0.1, 0.15) is 240 Å². The van der Waals surface area contributed by atoms with Crippen LogP contribution in [-0.2, 0) is 14.3 Å². The standard InChI is InChI=1S/C46H92N2O3/c1-7-11-15-19-21-22-24-32-41-48(45(49)38-31-33-40-47(5)6)44(36-28-18-14-10-4)37-29-25-30-39-46(50)51-42-43(34-26-17-13-9-3)35-27-23-20-16-12-8-2/h43-44H,7-42H2,1-6H3. The summed E-state index contributed by atoms with van der Waals surface area (Å²) in [5.74, 6) is 0.903. The summed E-state index contributed by atoms with van der Waals surface area (Å²) in [4.78, 5) is 31.1. The van der Waals surface area contributed by atoms with Gasteiger partial charge in [-0.2, -0.15) is 0 Å². The van der Waals surface area contributed by atoms with Crippen molar-refractivity contribution in [1.82, 2.24) is 9.80 Å². The fourth-order valence-electron chi connectivity index (χ4n) is 7.53. The van der Waals surface area contributed by atoms with Gasteiger partial charge in [-0.1, -0.05) is 175 Å². The third kappa shape index (κ3) is 33.2. The second-order valence-corrected chi connectivity index (χ2v) is 16.4. The van der Waals surface area contributed by atoms with E-state index in [1.807, 2.05) is 0 Å². The zero-order chi connectivity index (χ0) is 37.6. The summed E-state index contributed by atoms with van der Waals surface area (Å²) in [6.07, 6.45) is 39.4. The molecule has 0 bridgehead atoms. The third-order valence-electron chi connectivity index (χ3n) is 11.0. The molecule has 0 rings (SSSR count).